The van der Waals surface area contributed by atoms with Crippen molar-refractivity contribution in [3.63, 3.8) is 0 Å². The molecule has 0 saturated carbocycles. The smallest absolute Gasteiger partial charge is 0.265 e. The van der Waals surface area contributed by atoms with Gasteiger partial charge >= 0.3 is 0 Å². The minimum Gasteiger partial charge on any atom is -0.486 e. The summed E-state index contributed by atoms with van der Waals surface area (Å²) >= 11 is 1.33. The molecule has 0 N–H and O–H groups in total. The quantitative estimate of drug-likeness (QED) is 0.644. The predicted octanol–water partition coefficient (Wildman–Crippen LogP) is 4.44. The number of carbonyl (C=O) groups excluding carboxylic acids is 1. The Labute approximate surface area is 155 Å². The van der Waals surface area contributed by atoms with Crippen LogP contribution in [0.5, 0.6) is 5.75 Å². The van der Waals surface area contributed by atoms with Crippen LogP contribution >= 0.6 is 11.3 Å². The second-order valence-electron chi connectivity index (χ2n) is 5.91. The molecule has 1 aromatic heterocycles. The molecule has 0 unspecified atom stereocenters. The molecule has 0 saturated heterocycles. The topological polar surface area (TPSA) is 42.4 Å². The van der Waals surface area contributed by atoms with Gasteiger partial charge < -0.3 is 9.64 Å². The van der Waals surface area contributed by atoms with Gasteiger partial charge in [0.1, 0.15) is 28.1 Å². The number of aromatic nitrogens is 1. The molecule has 3 aromatic rings. The van der Waals surface area contributed by atoms with E-state index in [-0.39, 0.29) is 18.3 Å². The van der Waals surface area contributed by atoms with E-state index in [1.165, 1.54) is 23.5 Å². The highest BCUT2D eigenvalue weighted by Gasteiger charge is 2.19. The van der Waals surface area contributed by atoms with E-state index < -0.39 is 0 Å². The number of halogens is 1. The van der Waals surface area contributed by atoms with Crippen molar-refractivity contribution in [1.29, 1.82) is 0 Å². The van der Waals surface area contributed by atoms with Crippen molar-refractivity contribution in [2.75, 3.05) is 7.05 Å². The molecule has 0 aliphatic carbocycles. The van der Waals surface area contributed by atoms with Crippen LogP contribution in [0.4, 0.5) is 4.39 Å². The van der Waals surface area contributed by atoms with E-state index in [0.29, 0.717) is 27.9 Å². The fraction of sp³-hybridized carbons (Fsp3) is 0.200. The lowest BCUT2D eigenvalue weighted by atomic mass is 10.2. The van der Waals surface area contributed by atoms with Crippen molar-refractivity contribution in [3.05, 3.63) is 81.6 Å². The van der Waals surface area contributed by atoms with Crippen molar-refractivity contribution in [1.82, 2.24) is 9.88 Å². The normalized spacial score (nSPS) is 10.6. The van der Waals surface area contributed by atoms with Gasteiger partial charge in [-0.2, -0.15) is 0 Å². The molecule has 0 bridgehead atoms. The van der Waals surface area contributed by atoms with E-state index in [4.69, 9.17) is 4.74 Å². The number of amides is 1. The first kappa shape index (κ1) is 18.1. The third kappa shape index (κ3) is 4.46. The van der Waals surface area contributed by atoms with E-state index in [9.17, 15) is 9.18 Å². The molecule has 4 nitrogen and oxygen atoms in total. The average Bonchev–Trinajstić information content (AvgIpc) is 3.02. The SMILES string of the molecule is Cc1nc(COc2ccc(F)cc2)sc1C(=O)N(C)Cc1ccccc1. The molecular formula is C20H19FN2O2S. The number of hydrogen-bond acceptors (Lipinski definition) is 4. The summed E-state index contributed by atoms with van der Waals surface area (Å²) in [7, 11) is 1.78. The highest BCUT2D eigenvalue weighted by atomic mass is 32.1. The van der Waals surface area contributed by atoms with Gasteiger partial charge in [-0.25, -0.2) is 9.37 Å². The van der Waals surface area contributed by atoms with E-state index in [0.717, 1.165) is 5.56 Å². The highest BCUT2D eigenvalue weighted by Crippen LogP contribution is 2.22. The van der Waals surface area contributed by atoms with Crippen molar-refractivity contribution in [3.8, 4) is 5.75 Å². The van der Waals surface area contributed by atoms with Crippen LogP contribution in [0.3, 0.4) is 0 Å². The zero-order valence-electron chi connectivity index (χ0n) is 14.6. The molecule has 0 atom stereocenters. The van der Waals surface area contributed by atoms with E-state index in [2.05, 4.69) is 4.98 Å². The molecule has 0 fully saturated rings. The first-order valence-corrected chi connectivity index (χ1v) is 8.98. The van der Waals surface area contributed by atoms with Gasteiger partial charge in [0, 0.05) is 13.6 Å². The molecule has 6 heteroatoms. The van der Waals surface area contributed by atoms with Crippen LogP contribution in [0.15, 0.2) is 54.6 Å². The maximum absolute atomic E-state index is 12.9. The van der Waals surface area contributed by atoms with Crippen molar-refractivity contribution in [2.45, 2.75) is 20.1 Å². The predicted molar refractivity (Wildman–Crippen MR) is 99.8 cm³/mol. The Morgan fingerprint density at radius 1 is 1.15 bits per heavy atom. The zero-order valence-corrected chi connectivity index (χ0v) is 15.4. The first-order chi connectivity index (χ1) is 12.5. The summed E-state index contributed by atoms with van der Waals surface area (Å²) in [6.07, 6.45) is 0. The summed E-state index contributed by atoms with van der Waals surface area (Å²) in [6, 6.07) is 15.7. The molecule has 1 heterocycles. The number of aryl methyl sites for hydroxylation is 1. The molecule has 1 amide bonds. The van der Waals surface area contributed by atoms with Gasteiger partial charge in [-0.1, -0.05) is 30.3 Å². The van der Waals surface area contributed by atoms with Crippen LogP contribution in [0, 0.1) is 12.7 Å². The molecular weight excluding hydrogens is 351 g/mol. The summed E-state index contributed by atoms with van der Waals surface area (Å²) in [5.41, 5.74) is 1.77. The number of carbonyl (C=O) groups is 1. The molecule has 0 aliphatic heterocycles. The van der Waals surface area contributed by atoms with Gasteiger partial charge in [0.15, 0.2) is 0 Å². The maximum Gasteiger partial charge on any atom is 0.265 e. The standard InChI is InChI=1S/C20H19FN2O2S/c1-14-19(20(24)23(2)12-15-6-4-3-5-7-15)26-18(22-14)13-25-17-10-8-16(21)9-11-17/h3-11H,12-13H2,1-2H3. The summed E-state index contributed by atoms with van der Waals surface area (Å²) in [5.74, 6) is 0.196. The largest absolute Gasteiger partial charge is 0.486 e. The zero-order chi connectivity index (χ0) is 18.5. The lowest BCUT2D eigenvalue weighted by Crippen LogP contribution is -2.26. The molecule has 2 aromatic carbocycles. The number of nitrogens with zero attached hydrogens (tertiary/aromatic N) is 2. The fourth-order valence-electron chi connectivity index (χ4n) is 2.49. The Morgan fingerprint density at radius 3 is 2.54 bits per heavy atom. The van der Waals surface area contributed by atoms with E-state index in [1.807, 2.05) is 37.3 Å². The number of ether oxygens (including phenoxy) is 1. The van der Waals surface area contributed by atoms with E-state index >= 15 is 0 Å². The molecule has 0 spiro atoms. The Morgan fingerprint density at radius 2 is 1.85 bits per heavy atom. The average molecular weight is 370 g/mol. The Balaban J connectivity index is 1.65. The molecule has 134 valence electrons. The number of rotatable bonds is 6. The summed E-state index contributed by atoms with van der Waals surface area (Å²) in [4.78, 5) is 19.4. The van der Waals surface area contributed by atoms with Crippen molar-refractivity contribution >= 4 is 17.2 Å². The van der Waals surface area contributed by atoms with Crippen LogP contribution < -0.4 is 4.74 Å². The van der Waals surface area contributed by atoms with Crippen LogP contribution in [0.25, 0.3) is 0 Å². The molecule has 3 rings (SSSR count). The number of benzene rings is 2. The van der Waals surface area contributed by atoms with Crippen LogP contribution in [-0.2, 0) is 13.2 Å². The van der Waals surface area contributed by atoms with Crippen molar-refractivity contribution in [2.24, 2.45) is 0 Å². The second kappa shape index (κ2) is 8.10. The van der Waals surface area contributed by atoms with Gasteiger partial charge in [-0.3, -0.25) is 4.79 Å². The Hall–Kier alpha value is -2.73. The Bertz CT molecular complexity index is 879. The minimum absolute atomic E-state index is 0.0584. The summed E-state index contributed by atoms with van der Waals surface area (Å²) < 4.78 is 18.5. The van der Waals surface area contributed by atoms with Crippen LogP contribution in [-0.4, -0.2) is 22.8 Å². The van der Waals surface area contributed by atoms with Crippen molar-refractivity contribution < 1.29 is 13.9 Å². The summed E-state index contributed by atoms with van der Waals surface area (Å²) in [6.45, 7) is 2.60. The monoisotopic (exact) mass is 370 g/mol. The highest BCUT2D eigenvalue weighted by molar-refractivity contribution is 7.13. The number of hydrogen-bond donors (Lipinski definition) is 0. The van der Waals surface area contributed by atoms with Gasteiger partial charge in [0.2, 0.25) is 0 Å². The van der Waals surface area contributed by atoms with Gasteiger partial charge in [-0.15, -0.1) is 11.3 Å². The molecule has 26 heavy (non-hydrogen) atoms. The van der Waals surface area contributed by atoms with Gasteiger partial charge in [-0.05, 0) is 36.8 Å². The molecule has 0 aliphatic rings. The second-order valence-corrected chi connectivity index (χ2v) is 7.00. The Kier molecular flexibility index (Phi) is 5.63. The van der Waals surface area contributed by atoms with E-state index in [1.54, 1.807) is 24.1 Å². The lowest BCUT2D eigenvalue weighted by Gasteiger charge is -2.16. The lowest BCUT2D eigenvalue weighted by molar-refractivity contribution is 0.0789. The third-order valence-corrected chi connectivity index (χ3v) is 4.94. The van der Waals surface area contributed by atoms with Gasteiger partial charge in [0.05, 0.1) is 5.69 Å². The van der Waals surface area contributed by atoms with Crippen LogP contribution in [0.2, 0.25) is 0 Å². The third-order valence-electron chi connectivity index (χ3n) is 3.82. The first-order valence-electron chi connectivity index (χ1n) is 8.17. The van der Waals surface area contributed by atoms with Crippen LogP contribution in [0.1, 0.15) is 25.9 Å². The minimum atomic E-state index is -0.309. The molecule has 0 radical (unpaired) electrons. The number of thiazole rings is 1. The summed E-state index contributed by atoms with van der Waals surface area (Å²) in [5, 5.41) is 0.711. The maximum atomic E-state index is 12.9. The fourth-order valence-corrected chi connectivity index (χ4v) is 3.46. The van der Waals surface area contributed by atoms with Gasteiger partial charge in [0.25, 0.3) is 5.91 Å².